The lowest BCUT2D eigenvalue weighted by atomic mass is 10.2. The van der Waals surface area contributed by atoms with Crippen LogP contribution in [-0.4, -0.2) is 32.3 Å². The predicted molar refractivity (Wildman–Crippen MR) is 89.7 cm³/mol. The molecule has 0 amide bonds. The van der Waals surface area contributed by atoms with Crippen molar-refractivity contribution in [1.29, 1.82) is 0 Å². The van der Waals surface area contributed by atoms with Crippen LogP contribution in [0, 0.1) is 0 Å². The number of methoxy groups -OCH3 is 3. The van der Waals surface area contributed by atoms with Gasteiger partial charge in [-0.05, 0) is 18.2 Å². The maximum absolute atomic E-state index is 11.5. The molecule has 0 aliphatic rings. The van der Waals surface area contributed by atoms with E-state index < -0.39 is 5.97 Å². The Labute approximate surface area is 142 Å². The molecule has 0 atom stereocenters. The minimum Gasteiger partial charge on any atom is -0.493 e. The second kappa shape index (κ2) is 6.76. The molecule has 2 heterocycles. The summed E-state index contributed by atoms with van der Waals surface area (Å²) in [6.07, 6.45) is 1.36. The SMILES string of the molecule is COC(=O)c1coc(-c2csc(-c3ccc(OC)c(OC)c3)n2)c1. The summed E-state index contributed by atoms with van der Waals surface area (Å²) in [6, 6.07) is 7.21. The molecule has 0 N–H and O–H groups in total. The number of thiazole rings is 1. The fourth-order valence-corrected chi connectivity index (χ4v) is 2.99. The van der Waals surface area contributed by atoms with Gasteiger partial charge >= 0.3 is 5.97 Å². The Morgan fingerprint density at radius 2 is 1.92 bits per heavy atom. The van der Waals surface area contributed by atoms with Gasteiger partial charge in [0.25, 0.3) is 0 Å². The molecule has 0 unspecified atom stereocenters. The summed E-state index contributed by atoms with van der Waals surface area (Å²) in [5.74, 6) is 1.36. The smallest absolute Gasteiger partial charge is 0.341 e. The lowest BCUT2D eigenvalue weighted by molar-refractivity contribution is 0.0600. The minimum atomic E-state index is -0.444. The van der Waals surface area contributed by atoms with Crippen molar-refractivity contribution in [3.8, 4) is 33.5 Å². The van der Waals surface area contributed by atoms with E-state index in [0.29, 0.717) is 28.5 Å². The molecule has 0 aliphatic carbocycles. The molecule has 0 aliphatic heterocycles. The summed E-state index contributed by atoms with van der Waals surface area (Å²) in [7, 11) is 4.51. The molecule has 3 aromatic rings. The summed E-state index contributed by atoms with van der Waals surface area (Å²) in [5.41, 5.74) is 1.91. The van der Waals surface area contributed by atoms with Crippen LogP contribution in [0.4, 0.5) is 0 Å². The van der Waals surface area contributed by atoms with E-state index in [9.17, 15) is 4.79 Å². The van der Waals surface area contributed by atoms with Crippen molar-refractivity contribution >= 4 is 17.3 Å². The van der Waals surface area contributed by atoms with Gasteiger partial charge in [-0.15, -0.1) is 11.3 Å². The summed E-state index contributed by atoms with van der Waals surface area (Å²) in [4.78, 5) is 16.0. The van der Waals surface area contributed by atoms with Crippen LogP contribution < -0.4 is 9.47 Å². The van der Waals surface area contributed by atoms with Crippen molar-refractivity contribution in [3.05, 3.63) is 41.5 Å². The molecule has 24 heavy (non-hydrogen) atoms. The Morgan fingerprint density at radius 3 is 2.62 bits per heavy atom. The highest BCUT2D eigenvalue weighted by atomic mass is 32.1. The van der Waals surface area contributed by atoms with Gasteiger partial charge in [0.2, 0.25) is 0 Å². The van der Waals surface area contributed by atoms with Crippen LogP contribution in [0.1, 0.15) is 10.4 Å². The molecule has 0 bridgehead atoms. The third kappa shape index (κ3) is 2.98. The van der Waals surface area contributed by atoms with E-state index in [1.165, 1.54) is 24.7 Å². The van der Waals surface area contributed by atoms with Crippen LogP contribution >= 0.6 is 11.3 Å². The zero-order valence-corrected chi connectivity index (χ0v) is 14.2. The Balaban J connectivity index is 1.90. The van der Waals surface area contributed by atoms with Crippen LogP contribution in [0.2, 0.25) is 0 Å². The van der Waals surface area contributed by atoms with E-state index in [0.717, 1.165) is 10.6 Å². The highest BCUT2D eigenvalue weighted by molar-refractivity contribution is 7.13. The second-order valence-corrected chi connectivity index (χ2v) is 5.66. The molecule has 0 saturated heterocycles. The molecule has 7 heteroatoms. The quantitative estimate of drug-likeness (QED) is 0.654. The van der Waals surface area contributed by atoms with E-state index in [1.54, 1.807) is 20.3 Å². The van der Waals surface area contributed by atoms with Gasteiger partial charge in [-0.2, -0.15) is 0 Å². The minimum absolute atomic E-state index is 0.355. The Hall–Kier alpha value is -2.80. The maximum Gasteiger partial charge on any atom is 0.341 e. The average Bonchev–Trinajstić information content (AvgIpc) is 3.29. The Bertz CT molecular complexity index is 868. The van der Waals surface area contributed by atoms with Crippen LogP contribution in [-0.2, 0) is 4.74 Å². The number of nitrogens with zero attached hydrogens (tertiary/aromatic N) is 1. The van der Waals surface area contributed by atoms with Crippen molar-refractivity contribution in [3.63, 3.8) is 0 Å². The lowest BCUT2D eigenvalue weighted by Crippen LogP contribution is -1.98. The summed E-state index contributed by atoms with van der Waals surface area (Å²) in [6.45, 7) is 0. The number of benzene rings is 1. The predicted octanol–water partition coefficient (Wildman–Crippen LogP) is 3.87. The number of carbonyl (C=O) groups is 1. The fraction of sp³-hybridized carbons (Fsp3) is 0.176. The highest BCUT2D eigenvalue weighted by Gasteiger charge is 2.15. The summed E-state index contributed by atoms with van der Waals surface area (Å²) < 4.78 is 20.6. The van der Waals surface area contributed by atoms with Crippen molar-refractivity contribution < 1.29 is 23.4 Å². The van der Waals surface area contributed by atoms with Crippen molar-refractivity contribution in [2.45, 2.75) is 0 Å². The van der Waals surface area contributed by atoms with Crippen LogP contribution in [0.3, 0.4) is 0 Å². The first kappa shape index (κ1) is 16.1. The van der Waals surface area contributed by atoms with E-state index in [2.05, 4.69) is 9.72 Å². The van der Waals surface area contributed by atoms with E-state index >= 15 is 0 Å². The van der Waals surface area contributed by atoms with Crippen LogP contribution in [0.15, 0.2) is 40.3 Å². The number of hydrogen-bond acceptors (Lipinski definition) is 7. The Morgan fingerprint density at radius 1 is 1.12 bits per heavy atom. The van der Waals surface area contributed by atoms with Gasteiger partial charge in [-0.3, -0.25) is 0 Å². The molecule has 0 spiro atoms. The summed E-state index contributed by atoms with van der Waals surface area (Å²) in [5, 5.41) is 2.67. The molecule has 0 fully saturated rings. The first-order valence-electron chi connectivity index (χ1n) is 7.01. The topological polar surface area (TPSA) is 70.8 Å². The van der Waals surface area contributed by atoms with Gasteiger partial charge in [0.15, 0.2) is 17.3 Å². The molecule has 3 rings (SSSR count). The molecular weight excluding hydrogens is 330 g/mol. The third-order valence-corrected chi connectivity index (χ3v) is 4.30. The Kier molecular flexibility index (Phi) is 4.52. The second-order valence-electron chi connectivity index (χ2n) is 4.80. The van der Waals surface area contributed by atoms with Gasteiger partial charge in [-0.1, -0.05) is 0 Å². The van der Waals surface area contributed by atoms with E-state index in [1.807, 2.05) is 23.6 Å². The fourth-order valence-electron chi connectivity index (χ4n) is 2.18. The highest BCUT2D eigenvalue weighted by Crippen LogP contribution is 2.35. The molecule has 6 nitrogen and oxygen atoms in total. The van der Waals surface area contributed by atoms with Gasteiger partial charge in [0.05, 0.1) is 26.9 Å². The van der Waals surface area contributed by atoms with Crippen molar-refractivity contribution in [1.82, 2.24) is 4.98 Å². The normalized spacial score (nSPS) is 10.5. The van der Waals surface area contributed by atoms with Gasteiger partial charge < -0.3 is 18.6 Å². The number of carbonyl (C=O) groups excluding carboxylic acids is 1. The van der Waals surface area contributed by atoms with Crippen LogP contribution in [0.25, 0.3) is 22.0 Å². The molecule has 1 aromatic carbocycles. The molecule has 124 valence electrons. The number of rotatable bonds is 5. The van der Waals surface area contributed by atoms with Crippen molar-refractivity contribution in [2.75, 3.05) is 21.3 Å². The average molecular weight is 345 g/mol. The zero-order valence-electron chi connectivity index (χ0n) is 13.4. The third-order valence-electron chi connectivity index (χ3n) is 3.41. The van der Waals surface area contributed by atoms with E-state index in [-0.39, 0.29) is 0 Å². The number of esters is 1. The molecule has 0 saturated carbocycles. The first-order chi connectivity index (χ1) is 11.7. The van der Waals surface area contributed by atoms with Crippen molar-refractivity contribution in [2.24, 2.45) is 0 Å². The van der Waals surface area contributed by atoms with E-state index in [4.69, 9.17) is 13.9 Å². The lowest BCUT2D eigenvalue weighted by Gasteiger charge is -2.08. The summed E-state index contributed by atoms with van der Waals surface area (Å²) >= 11 is 1.47. The number of aromatic nitrogens is 1. The maximum atomic E-state index is 11.5. The monoisotopic (exact) mass is 345 g/mol. The molecule has 2 aromatic heterocycles. The number of ether oxygens (including phenoxy) is 3. The number of hydrogen-bond donors (Lipinski definition) is 0. The standard InChI is InChI=1S/C17H15NO5S/c1-20-13-5-4-10(6-15(13)21-2)16-18-12(9-24-16)14-7-11(8-23-14)17(19)22-3/h4-9H,1-3H3. The molecule has 0 radical (unpaired) electrons. The van der Waals surface area contributed by atoms with Gasteiger partial charge in [0.1, 0.15) is 17.0 Å². The zero-order chi connectivity index (χ0) is 17.1. The van der Waals surface area contributed by atoms with Crippen LogP contribution in [0.5, 0.6) is 11.5 Å². The largest absolute Gasteiger partial charge is 0.493 e. The molecular formula is C17H15NO5S. The number of furan rings is 1. The van der Waals surface area contributed by atoms with Gasteiger partial charge in [0, 0.05) is 17.0 Å². The first-order valence-corrected chi connectivity index (χ1v) is 7.89. The van der Waals surface area contributed by atoms with Gasteiger partial charge in [-0.25, -0.2) is 9.78 Å².